The van der Waals surface area contributed by atoms with E-state index in [1.807, 2.05) is 45.9 Å². The van der Waals surface area contributed by atoms with Crippen molar-refractivity contribution in [1.29, 1.82) is 0 Å². The van der Waals surface area contributed by atoms with Gasteiger partial charge in [0, 0.05) is 25.1 Å². The minimum absolute atomic E-state index is 0.0511. The summed E-state index contributed by atoms with van der Waals surface area (Å²) in [5.74, 6) is 1.32. The second-order valence-corrected chi connectivity index (χ2v) is 10.1. The Morgan fingerprint density at radius 1 is 1.03 bits per heavy atom. The van der Waals surface area contributed by atoms with Gasteiger partial charge in [-0.3, -0.25) is 9.59 Å². The summed E-state index contributed by atoms with van der Waals surface area (Å²) in [4.78, 5) is 31.0. The van der Waals surface area contributed by atoms with E-state index >= 15 is 0 Å². The quantitative estimate of drug-likeness (QED) is 0.413. The number of benzene rings is 2. The van der Waals surface area contributed by atoms with Gasteiger partial charge in [0.25, 0.3) is 5.91 Å². The Kier molecular flexibility index (Phi) is 7.20. The highest BCUT2D eigenvalue weighted by Crippen LogP contribution is 2.41. The zero-order valence-electron chi connectivity index (χ0n) is 21.6. The molecule has 0 radical (unpaired) electrons. The number of rotatable bonds is 8. The van der Waals surface area contributed by atoms with Gasteiger partial charge in [0.05, 0.1) is 5.41 Å². The SMILES string of the molecule is CCC(CC)(c1ccc(OCC(=O)C(C)(C)C)c(C)c1)c1nc2ccc(C(=O)N(C)C)cc2o1. The van der Waals surface area contributed by atoms with Crippen molar-refractivity contribution in [3.8, 4) is 5.75 Å². The molecule has 6 nitrogen and oxygen atoms in total. The summed E-state index contributed by atoms with van der Waals surface area (Å²) in [5, 5.41) is 0. The summed E-state index contributed by atoms with van der Waals surface area (Å²) in [6.07, 6.45) is 1.59. The van der Waals surface area contributed by atoms with Crippen LogP contribution in [0.25, 0.3) is 11.1 Å². The monoisotopic (exact) mass is 464 g/mol. The predicted molar refractivity (Wildman–Crippen MR) is 135 cm³/mol. The molecule has 1 heterocycles. The predicted octanol–water partition coefficient (Wildman–Crippen LogP) is 5.94. The maximum atomic E-state index is 12.4. The molecule has 0 saturated carbocycles. The number of hydrogen-bond donors (Lipinski definition) is 0. The fourth-order valence-corrected chi connectivity index (χ4v) is 4.07. The van der Waals surface area contributed by atoms with Gasteiger partial charge in [0.1, 0.15) is 17.9 Å². The number of oxazole rings is 1. The molecule has 1 aromatic heterocycles. The van der Waals surface area contributed by atoms with E-state index in [0.29, 0.717) is 22.8 Å². The minimum atomic E-state index is -0.433. The van der Waals surface area contributed by atoms with Crippen molar-refractivity contribution in [2.24, 2.45) is 5.41 Å². The molecule has 182 valence electrons. The van der Waals surface area contributed by atoms with Crippen LogP contribution >= 0.6 is 0 Å². The number of fused-ring (bicyclic) bond motifs is 1. The lowest BCUT2D eigenvalue weighted by atomic mass is 9.75. The van der Waals surface area contributed by atoms with Gasteiger partial charge in [-0.05, 0) is 55.2 Å². The first-order valence-corrected chi connectivity index (χ1v) is 11.8. The third-order valence-electron chi connectivity index (χ3n) is 6.58. The van der Waals surface area contributed by atoms with Crippen LogP contribution < -0.4 is 4.74 Å². The number of amides is 1. The molecule has 0 bridgehead atoms. The van der Waals surface area contributed by atoms with Crippen molar-refractivity contribution < 1.29 is 18.7 Å². The summed E-state index contributed by atoms with van der Waals surface area (Å²) in [6.45, 7) is 12.0. The Balaban J connectivity index is 1.97. The van der Waals surface area contributed by atoms with Crippen molar-refractivity contribution in [3.05, 3.63) is 59.0 Å². The summed E-state index contributed by atoms with van der Waals surface area (Å²) >= 11 is 0. The summed E-state index contributed by atoms with van der Waals surface area (Å²) < 4.78 is 12.1. The molecule has 0 spiro atoms. The minimum Gasteiger partial charge on any atom is -0.486 e. The Labute approximate surface area is 202 Å². The van der Waals surface area contributed by atoms with E-state index in [2.05, 4.69) is 19.9 Å². The molecular formula is C28H36N2O4. The first-order valence-electron chi connectivity index (χ1n) is 11.8. The number of aryl methyl sites for hydroxylation is 1. The number of ketones is 1. The Hall–Kier alpha value is -3.15. The number of hydrogen-bond acceptors (Lipinski definition) is 5. The largest absolute Gasteiger partial charge is 0.486 e. The van der Waals surface area contributed by atoms with Crippen LogP contribution in [0.3, 0.4) is 0 Å². The van der Waals surface area contributed by atoms with Crippen LogP contribution in [0.15, 0.2) is 40.8 Å². The molecule has 0 aliphatic rings. The molecule has 3 aromatic rings. The van der Waals surface area contributed by atoms with Gasteiger partial charge in [-0.15, -0.1) is 0 Å². The van der Waals surface area contributed by atoms with Gasteiger partial charge in [-0.25, -0.2) is 4.98 Å². The normalized spacial score (nSPS) is 12.1. The van der Waals surface area contributed by atoms with Crippen LogP contribution in [0.1, 0.15) is 74.8 Å². The van der Waals surface area contributed by atoms with Gasteiger partial charge in [0.2, 0.25) is 5.89 Å². The highest BCUT2D eigenvalue weighted by molar-refractivity contribution is 5.96. The maximum absolute atomic E-state index is 12.4. The first-order chi connectivity index (χ1) is 15.9. The van der Waals surface area contributed by atoms with Crippen LogP contribution in [0.4, 0.5) is 0 Å². The van der Waals surface area contributed by atoms with Crippen molar-refractivity contribution in [2.45, 2.75) is 59.8 Å². The maximum Gasteiger partial charge on any atom is 0.253 e. The van der Waals surface area contributed by atoms with Crippen molar-refractivity contribution >= 4 is 22.8 Å². The fraction of sp³-hybridized carbons (Fsp3) is 0.464. The fourth-order valence-electron chi connectivity index (χ4n) is 4.07. The van der Waals surface area contributed by atoms with Gasteiger partial charge in [0.15, 0.2) is 11.4 Å². The van der Waals surface area contributed by atoms with E-state index in [0.717, 1.165) is 29.5 Å². The number of ether oxygens (including phenoxy) is 1. The summed E-state index contributed by atoms with van der Waals surface area (Å²) in [6, 6.07) is 11.4. The van der Waals surface area contributed by atoms with Gasteiger partial charge in [-0.2, -0.15) is 0 Å². The van der Waals surface area contributed by atoms with Crippen LogP contribution in [0, 0.1) is 12.3 Å². The number of aromatic nitrogens is 1. The van der Waals surface area contributed by atoms with Gasteiger partial charge >= 0.3 is 0 Å². The molecule has 0 N–H and O–H groups in total. The lowest BCUT2D eigenvalue weighted by Crippen LogP contribution is -2.27. The highest BCUT2D eigenvalue weighted by atomic mass is 16.5. The van der Waals surface area contributed by atoms with Crippen LogP contribution in [-0.4, -0.2) is 42.3 Å². The second kappa shape index (κ2) is 9.61. The number of nitrogens with zero attached hydrogens (tertiary/aromatic N) is 2. The molecule has 34 heavy (non-hydrogen) atoms. The van der Waals surface area contributed by atoms with Crippen molar-refractivity contribution in [1.82, 2.24) is 9.88 Å². The van der Waals surface area contributed by atoms with Gasteiger partial charge in [-0.1, -0.05) is 46.8 Å². The van der Waals surface area contributed by atoms with Crippen molar-refractivity contribution in [3.63, 3.8) is 0 Å². The number of carbonyl (C=O) groups excluding carboxylic acids is 2. The molecule has 1 amide bonds. The molecular weight excluding hydrogens is 428 g/mol. The zero-order valence-corrected chi connectivity index (χ0v) is 21.6. The van der Waals surface area contributed by atoms with Gasteiger partial charge < -0.3 is 14.1 Å². The zero-order chi connectivity index (χ0) is 25.3. The number of Topliss-reactive ketones (excluding diaryl/α,β-unsaturated/α-hetero) is 1. The van der Waals surface area contributed by atoms with Crippen LogP contribution in [0.2, 0.25) is 0 Å². The Morgan fingerprint density at radius 2 is 1.71 bits per heavy atom. The average molecular weight is 465 g/mol. The summed E-state index contributed by atoms with van der Waals surface area (Å²) in [7, 11) is 3.46. The Morgan fingerprint density at radius 3 is 2.26 bits per heavy atom. The van der Waals surface area contributed by atoms with E-state index in [9.17, 15) is 9.59 Å². The lowest BCUT2D eigenvalue weighted by molar-refractivity contribution is -0.128. The topological polar surface area (TPSA) is 72.6 Å². The van der Waals surface area contributed by atoms with Crippen molar-refractivity contribution in [2.75, 3.05) is 20.7 Å². The molecule has 0 aliphatic heterocycles. The molecule has 0 atom stereocenters. The summed E-state index contributed by atoms with van der Waals surface area (Å²) in [5.41, 5.74) is 3.09. The molecule has 0 fully saturated rings. The molecule has 0 unspecified atom stereocenters. The van der Waals surface area contributed by atoms with E-state index < -0.39 is 10.8 Å². The van der Waals surface area contributed by atoms with E-state index in [1.54, 1.807) is 31.1 Å². The number of carbonyl (C=O) groups is 2. The standard InChI is InChI=1S/C28H36N2O4/c1-9-28(10-2,20-12-14-22(18(3)15-20)33-17-24(31)27(4,5)6)26-29-21-13-11-19(16-23(21)34-26)25(32)30(7)8/h11-16H,9-10,17H2,1-8H3. The molecule has 3 rings (SSSR count). The van der Waals surface area contributed by atoms with E-state index in [4.69, 9.17) is 14.1 Å². The Bertz CT molecular complexity index is 1200. The third-order valence-corrected chi connectivity index (χ3v) is 6.58. The highest BCUT2D eigenvalue weighted by Gasteiger charge is 2.36. The average Bonchev–Trinajstić information content (AvgIpc) is 3.22. The molecule has 2 aromatic carbocycles. The smallest absolute Gasteiger partial charge is 0.253 e. The molecule has 6 heteroatoms. The second-order valence-electron chi connectivity index (χ2n) is 10.1. The lowest BCUT2D eigenvalue weighted by Gasteiger charge is -2.29. The first kappa shape index (κ1) is 25.5. The van der Waals surface area contributed by atoms with E-state index in [-0.39, 0.29) is 18.3 Å². The van der Waals surface area contributed by atoms with Crippen LogP contribution in [-0.2, 0) is 10.2 Å². The molecule has 0 aliphatic carbocycles. The molecule has 0 saturated heterocycles. The van der Waals surface area contributed by atoms with E-state index in [1.165, 1.54) is 0 Å². The van der Waals surface area contributed by atoms with Crippen LogP contribution in [0.5, 0.6) is 5.75 Å². The third kappa shape index (κ3) is 4.86.